The Morgan fingerprint density at radius 2 is 2.35 bits per heavy atom. The summed E-state index contributed by atoms with van der Waals surface area (Å²) in [5, 5.41) is 0. The fraction of sp³-hybridized carbons (Fsp3) is 0.333. The van der Waals surface area contributed by atoms with Crippen LogP contribution in [0.1, 0.15) is 12.8 Å². The molecule has 5 heteroatoms. The number of carbonyl (C=O) groups excluding carboxylic acids is 1. The Balaban J connectivity index is 1.82. The molecule has 5 nitrogen and oxygen atoms in total. The minimum atomic E-state index is -0.323. The molecule has 2 aromatic rings. The fourth-order valence-electron chi connectivity index (χ4n) is 2.02. The summed E-state index contributed by atoms with van der Waals surface area (Å²) in [4.78, 5) is 16.1. The number of aromatic nitrogens is 2. The van der Waals surface area contributed by atoms with Gasteiger partial charge >= 0.3 is 0 Å². The summed E-state index contributed by atoms with van der Waals surface area (Å²) in [6.07, 6.45) is 3.02. The van der Waals surface area contributed by atoms with Gasteiger partial charge in [-0.05, 0) is 25.0 Å². The van der Waals surface area contributed by atoms with Gasteiger partial charge < -0.3 is 4.74 Å². The number of hydrogen-bond donors (Lipinski definition) is 1. The number of carbonyl (C=O) groups is 1. The zero-order chi connectivity index (χ0) is 11.7. The molecule has 88 valence electrons. The molecule has 0 saturated carbocycles. The van der Waals surface area contributed by atoms with Gasteiger partial charge in [0.15, 0.2) is 0 Å². The van der Waals surface area contributed by atoms with E-state index in [4.69, 9.17) is 4.74 Å². The Hall–Kier alpha value is -1.88. The number of imidazole rings is 1. The van der Waals surface area contributed by atoms with E-state index in [1.54, 1.807) is 11.0 Å². The van der Waals surface area contributed by atoms with E-state index in [2.05, 4.69) is 10.4 Å². The minimum Gasteiger partial charge on any atom is -0.368 e. The Morgan fingerprint density at radius 3 is 3.18 bits per heavy atom. The topological polar surface area (TPSA) is 56.2 Å². The highest BCUT2D eigenvalue weighted by molar-refractivity contribution is 5.90. The quantitative estimate of drug-likeness (QED) is 0.847. The third-order valence-electron chi connectivity index (χ3n) is 2.91. The number of rotatable bonds is 2. The predicted octanol–water partition coefficient (Wildman–Crippen LogP) is 1.29. The van der Waals surface area contributed by atoms with Crippen molar-refractivity contribution in [1.29, 1.82) is 0 Å². The van der Waals surface area contributed by atoms with Gasteiger partial charge in [-0.15, -0.1) is 0 Å². The highest BCUT2D eigenvalue weighted by Gasteiger charge is 2.23. The number of fused-ring (bicyclic) bond motifs is 1. The molecular weight excluding hydrogens is 218 g/mol. The molecule has 1 aromatic heterocycles. The summed E-state index contributed by atoms with van der Waals surface area (Å²) >= 11 is 0. The van der Waals surface area contributed by atoms with Gasteiger partial charge in [0.25, 0.3) is 5.91 Å². The normalized spacial score (nSPS) is 19.6. The molecule has 1 amide bonds. The van der Waals surface area contributed by atoms with Crippen LogP contribution in [0.15, 0.2) is 30.6 Å². The average molecular weight is 231 g/mol. The van der Waals surface area contributed by atoms with Gasteiger partial charge in [-0.25, -0.2) is 9.66 Å². The Morgan fingerprint density at radius 1 is 1.47 bits per heavy atom. The van der Waals surface area contributed by atoms with E-state index in [9.17, 15) is 4.79 Å². The molecular formula is C12H13N3O2. The molecule has 17 heavy (non-hydrogen) atoms. The van der Waals surface area contributed by atoms with E-state index in [1.807, 2.05) is 24.3 Å². The number of nitrogens with one attached hydrogen (secondary N) is 1. The lowest BCUT2D eigenvalue weighted by atomic mass is 10.2. The van der Waals surface area contributed by atoms with E-state index < -0.39 is 0 Å². The van der Waals surface area contributed by atoms with Crippen molar-refractivity contribution in [3.8, 4) is 0 Å². The van der Waals surface area contributed by atoms with Crippen LogP contribution in [0.4, 0.5) is 0 Å². The Bertz CT molecular complexity index is 543. The molecule has 1 saturated heterocycles. The van der Waals surface area contributed by atoms with Gasteiger partial charge in [-0.3, -0.25) is 10.2 Å². The van der Waals surface area contributed by atoms with Gasteiger partial charge in [-0.1, -0.05) is 12.1 Å². The lowest BCUT2D eigenvalue weighted by molar-refractivity contribution is -0.125. The highest BCUT2D eigenvalue weighted by atomic mass is 16.5. The first kappa shape index (κ1) is 10.3. The number of ether oxygens (including phenoxy) is 1. The van der Waals surface area contributed by atoms with E-state index in [0.29, 0.717) is 6.61 Å². The van der Waals surface area contributed by atoms with E-state index in [-0.39, 0.29) is 12.0 Å². The number of nitrogens with zero attached hydrogens (tertiary/aromatic N) is 2. The lowest BCUT2D eigenvalue weighted by Crippen LogP contribution is -2.32. The van der Waals surface area contributed by atoms with Crippen molar-refractivity contribution in [2.75, 3.05) is 12.0 Å². The molecule has 3 rings (SSSR count). The lowest BCUT2D eigenvalue weighted by Gasteiger charge is -2.11. The molecule has 1 aliphatic rings. The van der Waals surface area contributed by atoms with E-state index >= 15 is 0 Å². The van der Waals surface area contributed by atoms with Gasteiger partial charge in [0.1, 0.15) is 12.4 Å². The van der Waals surface area contributed by atoms with Crippen LogP contribution in [0.3, 0.4) is 0 Å². The maximum atomic E-state index is 11.9. The van der Waals surface area contributed by atoms with Gasteiger partial charge in [0.2, 0.25) is 0 Å². The smallest absolute Gasteiger partial charge is 0.267 e. The second kappa shape index (κ2) is 4.18. The standard InChI is InChI=1S/C12H13N3O2/c16-12(11-6-3-7-17-11)14-15-8-13-9-4-1-2-5-10(9)15/h1-2,4-5,8,11H,3,6-7H2,(H,14,16)/t11-/m1/s1. The summed E-state index contributed by atoms with van der Waals surface area (Å²) in [5.74, 6) is -0.106. The molecule has 0 radical (unpaired) electrons. The summed E-state index contributed by atoms with van der Waals surface area (Å²) in [6.45, 7) is 0.669. The summed E-state index contributed by atoms with van der Waals surface area (Å²) < 4.78 is 6.97. The summed E-state index contributed by atoms with van der Waals surface area (Å²) in [5.41, 5.74) is 4.55. The van der Waals surface area contributed by atoms with Crippen LogP contribution >= 0.6 is 0 Å². The van der Waals surface area contributed by atoms with E-state index in [0.717, 1.165) is 23.9 Å². The van der Waals surface area contributed by atoms with Crippen molar-refractivity contribution in [1.82, 2.24) is 9.66 Å². The maximum absolute atomic E-state index is 11.9. The van der Waals surface area contributed by atoms with Crippen molar-refractivity contribution < 1.29 is 9.53 Å². The van der Waals surface area contributed by atoms with Crippen LogP contribution in [0.5, 0.6) is 0 Å². The second-order valence-electron chi connectivity index (χ2n) is 4.08. The minimum absolute atomic E-state index is 0.106. The largest absolute Gasteiger partial charge is 0.368 e. The molecule has 1 aromatic carbocycles. The first-order valence-corrected chi connectivity index (χ1v) is 5.69. The molecule has 1 fully saturated rings. The van der Waals surface area contributed by atoms with Crippen LogP contribution in [0, 0.1) is 0 Å². The summed E-state index contributed by atoms with van der Waals surface area (Å²) in [6, 6.07) is 7.66. The third kappa shape index (κ3) is 1.89. The van der Waals surface area contributed by atoms with Crippen LogP contribution < -0.4 is 5.43 Å². The summed E-state index contributed by atoms with van der Waals surface area (Å²) in [7, 11) is 0. The monoisotopic (exact) mass is 231 g/mol. The van der Waals surface area contributed by atoms with E-state index in [1.165, 1.54) is 0 Å². The van der Waals surface area contributed by atoms with Crippen molar-refractivity contribution in [2.45, 2.75) is 18.9 Å². The highest BCUT2D eigenvalue weighted by Crippen LogP contribution is 2.14. The molecule has 0 bridgehead atoms. The SMILES string of the molecule is O=C(Nn1cnc2ccccc21)[C@H]1CCCO1. The fourth-order valence-corrected chi connectivity index (χ4v) is 2.02. The molecule has 1 atom stereocenters. The van der Waals surface area contributed by atoms with Crippen molar-refractivity contribution >= 4 is 16.9 Å². The first-order valence-electron chi connectivity index (χ1n) is 5.69. The number of hydrogen-bond acceptors (Lipinski definition) is 3. The number of amides is 1. The number of para-hydroxylation sites is 2. The van der Waals surface area contributed by atoms with Crippen LogP contribution in [0.2, 0.25) is 0 Å². The predicted molar refractivity (Wildman–Crippen MR) is 63.1 cm³/mol. The van der Waals surface area contributed by atoms with Crippen molar-refractivity contribution in [3.63, 3.8) is 0 Å². The Labute approximate surface area is 98.4 Å². The first-order chi connectivity index (χ1) is 8.34. The average Bonchev–Trinajstić information content (AvgIpc) is 2.98. The maximum Gasteiger partial charge on any atom is 0.267 e. The van der Waals surface area contributed by atoms with Gasteiger partial charge in [-0.2, -0.15) is 0 Å². The number of benzene rings is 1. The second-order valence-corrected chi connectivity index (χ2v) is 4.08. The molecule has 0 spiro atoms. The molecule has 0 unspecified atom stereocenters. The molecule has 1 N–H and O–H groups in total. The van der Waals surface area contributed by atoms with Crippen molar-refractivity contribution in [3.05, 3.63) is 30.6 Å². The van der Waals surface area contributed by atoms with Crippen molar-refractivity contribution in [2.24, 2.45) is 0 Å². The van der Waals surface area contributed by atoms with Crippen LogP contribution in [-0.4, -0.2) is 28.3 Å². The van der Waals surface area contributed by atoms with Gasteiger partial charge in [0.05, 0.1) is 11.0 Å². The third-order valence-corrected chi connectivity index (χ3v) is 2.91. The van der Waals surface area contributed by atoms with Crippen LogP contribution in [-0.2, 0) is 9.53 Å². The molecule has 0 aliphatic carbocycles. The molecule has 1 aliphatic heterocycles. The van der Waals surface area contributed by atoms with Crippen LogP contribution in [0.25, 0.3) is 11.0 Å². The molecule has 2 heterocycles. The Kier molecular flexibility index (Phi) is 2.53. The zero-order valence-corrected chi connectivity index (χ0v) is 9.30. The van der Waals surface area contributed by atoms with Gasteiger partial charge in [0, 0.05) is 6.61 Å². The zero-order valence-electron chi connectivity index (χ0n) is 9.30.